The van der Waals surface area contributed by atoms with Gasteiger partial charge in [-0.2, -0.15) is 0 Å². The number of aliphatic hydroxyl groups is 1. The third kappa shape index (κ3) is 3.24. The lowest BCUT2D eigenvalue weighted by Crippen LogP contribution is -2.45. The van der Waals surface area contributed by atoms with Crippen LogP contribution in [0, 0.1) is 17.8 Å². The first-order valence-corrected chi connectivity index (χ1v) is 8.20. The fourth-order valence-corrected chi connectivity index (χ4v) is 4.32. The zero-order valence-corrected chi connectivity index (χ0v) is 12.9. The van der Waals surface area contributed by atoms with Crippen molar-refractivity contribution in [2.24, 2.45) is 17.8 Å². The number of halogens is 1. The number of carbonyl (C=O) groups excluding carboxylic acids is 1. The van der Waals surface area contributed by atoms with E-state index in [0.29, 0.717) is 29.7 Å². The highest BCUT2D eigenvalue weighted by atomic mass is 35.5. The second kappa shape index (κ2) is 6.37. The van der Waals surface area contributed by atoms with Crippen LogP contribution >= 0.6 is 11.6 Å². The van der Waals surface area contributed by atoms with Crippen LogP contribution in [0.1, 0.15) is 31.2 Å². The SMILES string of the molecule is O=C(CCc1cccc(Cl)c1)NC1C2CCC(C2)C1CO. The smallest absolute Gasteiger partial charge is 0.220 e. The molecule has 0 heterocycles. The van der Waals surface area contributed by atoms with Gasteiger partial charge < -0.3 is 10.4 Å². The van der Waals surface area contributed by atoms with Gasteiger partial charge in [0.1, 0.15) is 0 Å². The van der Waals surface area contributed by atoms with Gasteiger partial charge in [0.05, 0.1) is 0 Å². The summed E-state index contributed by atoms with van der Waals surface area (Å²) in [7, 11) is 0. The van der Waals surface area contributed by atoms with Crippen LogP contribution in [0.3, 0.4) is 0 Å². The molecule has 4 atom stereocenters. The van der Waals surface area contributed by atoms with E-state index in [-0.39, 0.29) is 24.5 Å². The highest BCUT2D eigenvalue weighted by molar-refractivity contribution is 6.30. The molecule has 0 radical (unpaired) electrons. The number of benzene rings is 1. The first-order valence-electron chi connectivity index (χ1n) is 7.82. The molecule has 2 aliphatic rings. The Morgan fingerprint density at radius 1 is 1.33 bits per heavy atom. The summed E-state index contributed by atoms with van der Waals surface area (Å²) in [4.78, 5) is 12.2. The molecule has 1 aromatic carbocycles. The van der Waals surface area contributed by atoms with Gasteiger partial charge in [0, 0.05) is 30.0 Å². The maximum atomic E-state index is 12.2. The first kappa shape index (κ1) is 14.9. The molecule has 2 fully saturated rings. The lowest BCUT2D eigenvalue weighted by molar-refractivity contribution is -0.122. The Bertz CT molecular complexity index is 519. The Labute approximate surface area is 130 Å². The molecule has 2 aliphatic carbocycles. The van der Waals surface area contributed by atoms with E-state index in [0.717, 1.165) is 5.56 Å². The van der Waals surface area contributed by atoms with E-state index >= 15 is 0 Å². The number of aryl methyl sites for hydroxylation is 1. The minimum atomic E-state index is 0.0889. The lowest BCUT2D eigenvalue weighted by atomic mass is 9.85. The van der Waals surface area contributed by atoms with Crippen molar-refractivity contribution in [1.82, 2.24) is 5.32 Å². The minimum absolute atomic E-state index is 0.0889. The van der Waals surface area contributed by atoms with Gasteiger partial charge in [0.15, 0.2) is 0 Å². The second-order valence-electron chi connectivity index (χ2n) is 6.40. The normalized spacial score (nSPS) is 30.6. The molecule has 3 nitrogen and oxygen atoms in total. The molecule has 0 spiro atoms. The van der Waals surface area contributed by atoms with Gasteiger partial charge in [-0.1, -0.05) is 23.7 Å². The number of hydrogen-bond donors (Lipinski definition) is 2. The molecule has 4 unspecified atom stereocenters. The van der Waals surface area contributed by atoms with Crippen LogP contribution in [0.4, 0.5) is 0 Å². The summed E-state index contributed by atoms with van der Waals surface area (Å²) >= 11 is 5.95. The molecular weight excluding hydrogens is 286 g/mol. The summed E-state index contributed by atoms with van der Waals surface area (Å²) in [6.07, 6.45) is 4.76. The van der Waals surface area contributed by atoms with Gasteiger partial charge in [-0.05, 0) is 55.2 Å². The number of rotatable bonds is 5. The highest BCUT2D eigenvalue weighted by Gasteiger charge is 2.47. The fraction of sp³-hybridized carbons (Fsp3) is 0.588. The lowest BCUT2D eigenvalue weighted by Gasteiger charge is -2.30. The molecule has 3 rings (SSSR count). The molecule has 2 saturated carbocycles. The van der Waals surface area contributed by atoms with E-state index < -0.39 is 0 Å². The Balaban J connectivity index is 1.52. The highest BCUT2D eigenvalue weighted by Crippen LogP contribution is 2.48. The maximum Gasteiger partial charge on any atom is 0.220 e. The van der Waals surface area contributed by atoms with Crippen LogP contribution in [0.5, 0.6) is 0 Å². The first-order chi connectivity index (χ1) is 10.2. The maximum absolute atomic E-state index is 12.2. The van der Waals surface area contributed by atoms with Crippen molar-refractivity contribution in [1.29, 1.82) is 0 Å². The molecule has 0 aromatic heterocycles. The topological polar surface area (TPSA) is 49.3 Å². The summed E-state index contributed by atoms with van der Waals surface area (Å²) in [6.45, 7) is 0.195. The molecule has 0 saturated heterocycles. The molecule has 4 heteroatoms. The largest absolute Gasteiger partial charge is 0.396 e. The Morgan fingerprint density at radius 2 is 2.14 bits per heavy atom. The monoisotopic (exact) mass is 307 g/mol. The Kier molecular flexibility index (Phi) is 4.51. The summed E-state index contributed by atoms with van der Waals surface area (Å²) in [5.41, 5.74) is 1.09. The third-order valence-corrected chi connectivity index (χ3v) is 5.39. The number of amides is 1. The molecule has 0 aliphatic heterocycles. The van der Waals surface area contributed by atoms with Crippen molar-refractivity contribution < 1.29 is 9.90 Å². The number of hydrogen-bond acceptors (Lipinski definition) is 2. The van der Waals surface area contributed by atoms with Crippen molar-refractivity contribution in [2.45, 2.75) is 38.1 Å². The Morgan fingerprint density at radius 3 is 2.90 bits per heavy atom. The van der Waals surface area contributed by atoms with Crippen LogP contribution in [-0.4, -0.2) is 23.7 Å². The molecular formula is C17H22ClNO2. The molecule has 21 heavy (non-hydrogen) atoms. The van der Waals surface area contributed by atoms with Crippen LogP contribution in [0.15, 0.2) is 24.3 Å². The standard InChI is InChI=1S/C17H22ClNO2/c18-14-3-1-2-11(8-14)4-7-16(21)19-17-13-6-5-12(9-13)15(17)10-20/h1-3,8,12-13,15,17,20H,4-7,9-10H2,(H,19,21). The average molecular weight is 308 g/mol. The summed E-state index contributed by atoms with van der Waals surface area (Å²) in [6, 6.07) is 7.83. The predicted octanol–water partition coefficient (Wildman–Crippen LogP) is 2.80. The predicted molar refractivity (Wildman–Crippen MR) is 83.1 cm³/mol. The number of carbonyl (C=O) groups is 1. The van der Waals surface area contributed by atoms with Crippen molar-refractivity contribution in [3.63, 3.8) is 0 Å². The molecule has 1 amide bonds. The van der Waals surface area contributed by atoms with Crippen molar-refractivity contribution in [3.05, 3.63) is 34.9 Å². The zero-order valence-electron chi connectivity index (χ0n) is 12.1. The van der Waals surface area contributed by atoms with Crippen LogP contribution in [0.2, 0.25) is 5.02 Å². The van der Waals surface area contributed by atoms with E-state index in [1.165, 1.54) is 19.3 Å². The van der Waals surface area contributed by atoms with Gasteiger partial charge in [0.2, 0.25) is 5.91 Å². The van der Waals surface area contributed by atoms with E-state index in [1.54, 1.807) is 0 Å². The van der Waals surface area contributed by atoms with E-state index in [2.05, 4.69) is 5.32 Å². The van der Waals surface area contributed by atoms with E-state index in [9.17, 15) is 9.90 Å². The Hall–Kier alpha value is -1.06. The average Bonchev–Trinajstić information content (AvgIpc) is 3.06. The van der Waals surface area contributed by atoms with Crippen molar-refractivity contribution in [2.75, 3.05) is 6.61 Å². The van der Waals surface area contributed by atoms with Gasteiger partial charge >= 0.3 is 0 Å². The number of fused-ring (bicyclic) bond motifs is 2. The molecule has 2 N–H and O–H groups in total. The van der Waals surface area contributed by atoms with Crippen LogP contribution < -0.4 is 5.32 Å². The van der Waals surface area contributed by atoms with Crippen LogP contribution in [0.25, 0.3) is 0 Å². The fourth-order valence-electron chi connectivity index (χ4n) is 4.11. The van der Waals surface area contributed by atoms with E-state index in [1.807, 2.05) is 24.3 Å². The van der Waals surface area contributed by atoms with Gasteiger partial charge in [0.25, 0.3) is 0 Å². The molecule has 2 bridgehead atoms. The zero-order chi connectivity index (χ0) is 14.8. The second-order valence-corrected chi connectivity index (χ2v) is 6.84. The third-order valence-electron chi connectivity index (χ3n) is 5.16. The van der Waals surface area contributed by atoms with E-state index in [4.69, 9.17) is 11.6 Å². The van der Waals surface area contributed by atoms with Crippen LogP contribution in [-0.2, 0) is 11.2 Å². The number of nitrogens with one attached hydrogen (secondary N) is 1. The van der Waals surface area contributed by atoms with Crippen molar-refractivity contribution >= 4 is 17.5 Å². The summed E-state index contributed by atoms with van der Waals surface area (Å²) in [5.74, 6) is 1.53. The van der Waals surface area contributed by atoms with Gasteiger partial charge in [-0.25, -0.2) is 0 Å². The number of aliphatic hydroxyl groups excluding tert-OH is 1. The minimum Gasteiger partial charge on any atom is -0.396 e. The molecule has 1 aromatic rings. The molecule has 114 valence electrons. The van der Waals surface area contributed by atoms with Gasteiger partial charge in [-0.3, -0.25) is 4.79 Å². The summed E-state index contributed by atoms with van der Waals surface area (Å²) in [5, 5.41) is 13.4. The summed E-state index contributed by atoms with van der Waals surface area (Å²) < 4.78 is 0. The quantitative estimate of drug-likeness (QED) is 0.879. The van der Waals surface area contributed by atoms with Gasteiger partial charge in [-0.15, -0.1) is 0 Å². The van der Waals surface area contributed by atoms with Crippen molar-refractivity contribution in [3.8, 4) is 0 Å².